The molecular weight excluding hydrogens is 198 g/mol. The Balaban J connectivity index is 2.42. The second-order valence-corrected chi connectivity index (χ2v) is 3.12. The predicted molar refractivity (Wildman–Crippen MR) is 53.2 cm³/mol. The van der Waals surface area contributed by atoms with Crippen molar-refractivity contribution in [1.29, 1.82) is 0 Å². The molecule has 5 nitrogen and oxygen atoms in total. The molecule has 1 heterocycles. The molecule has 0 aromatic heterocycles. The van der Waals surface area contributed by atoms with Gasteiger partial charge in [0.15, 0.2) is 11.5 Å². The Morgan fingerprint density at radius 3 is 3.07 bits per heavy atom. The lowest BCUT2D eigenvalue weighted by Gasteiger charge is -1.99. The van der Waals surface area contributed by atoms with Gasteiger partial charge in [0.05, 0.1) is 4.92 Å². The van der Waals surface area contributed by atoms with E-state index in [2.05, 4.69) is 0 Å². The first kappa shape index (κ1) is 9.51. The summed E-state index contributed by atoms with van der Waals surface area (Å²) in [5.41, 5.74) is 0.734. The molecule has 0 unspecified atom stereocenters. The fourth-order valence-electron chi connectivity index (χ4n) is 1.34. The normalized spacial score (nSPS) is 14.1. The maximum absolute atomic E-state index is 10.5. The smallest absolute Gasteiger partial charge is 0.243 e. The van der Waals surface area contributed by atoms with E-state index in [0.29, 0.717) is 17.1 Å². The average molecular weight is 207 g/mol. The molecule has 5 heteroatoms. The van der Waals surface area contributed by atoms with Gasteiger partial charge in [-0.2, -0.15) is 0 Å². The number of nitro groups is 1. The van der Waals surface area contributed by atoms with Crippen LogP contribution in [-0.2, 0) is 0 Å². The highest BCUT2D eigenvalue weighted by Crippen LogP contribution is 2.36. The van der Waals surface area contributed by atoms with Crippen molar-refractivity contribution in [3.05, 3.63) is 39.6 Å². The third kappa shape index (κ3) is 1.76. The van der Waals surface area contributed by atoms with Crippen LogP contribution in [0.1, 0.15) is 12.5 Å². The van der Waals surface area contributed by atoms with E-state index in [1.165, 1.54) is 13.0 Å². The summed E-state index contributed by atoms with van der Waals surface area (Å²) in [6.45, 7) is 1.60. The minimum atomic E-state index is -0.435. The summed E-state index contributed by atoms with van der Waals surface area (Å²) in [5.74, 6) is 1.19. The van der Waals surface area contributed by atoms with Crippen LogP contribution in [0, 0.1) is 10.1 Å². The van der Waals surface area contributed by atoms with Gasteiger partial charge in [-0.25, -0.2) is 0 Å². The van der Waals surface area contributed by atoms with E-state index in [1.54, 1.807) is 18.2 Å². The fourth-order valence-corrected chi connectivity index (χ4v) is 1.34. The number of ether oxygens (including phenoxy) is 2. The summed E-state index contributed by atoms with van der Waals surface area (Å²) < 4.78 is 10.4. The third-order valence-electron chi connectivity index (χ3n) is 2.08. The van der Waals surface area contributed by atoms with E-state index in [1.807, 2.05) is 0 Å². The molecule has 0 amide bonds. The Morgan fingerprint density at radius 2 is 2.33 bits per heavy atom. The summed E-state index contributed by atoms with van der Waals surface area (Å²) in [7, 11) is 0. The van der Waals surface area contributed by atoms with Crippen LogP contribution in [0.15, 0.2) is 23.9 Å². The Hall–Kier alpha value is -2.04. The van der Waals surface area contributed by atoms with Gasteiger partial charge in [0.2, 0.25) is 12.5 Å². The van der Waals surface area contributed by atoms with Gasteiger partial charge in [-0.1, -0.05) is 12.1 Å². The Morgan fingerprint density at radius 1 is 1.53 bits per heavy atom. The molecule has 0 aliphatic carbocycles. The molecule has 78 valence electrons. The minimum absolute atomic E-state index is 0.0684. The zero-order valence-electron chi connectivity index (χ0n) is 8.10. The van der Waals surface area contributed by atoms with Gasteiger partial charge in [-0.15, -0.1) is 0 Å². The Labute approximate surface area is 86.1 Å². The maximum Gasteiger partial charge on any atom is 0.243 e. The number of hydrogen-bond acceptors (Lipinski definition) is 4. The molecule has 0 fully saturated rings. The van der Waals surface area contributed by atoms with Crippen molar-refractivity contribution in [1.82, 2.24) is 0 Å². The molecule has 1 aromatic rings. The van der Waals surface area contributed by atoms with Crippen molar-refractivity contribution in [2.24, 2.45) is 0 Å². The molecule has 0 radical (unpaired) electrons. The summed E-state index contributed by atoms with van der Waals surface area (Å²) in [6, 6.07) is 5.29. The SMILES string of the molecule is C/C(=C\c1cccc2c1OCO2)[N+](=O)[O-]. The first-order chi connectivity index (χ1) is 7.18. The molecule has 0 saturated heterocycles. The van der Waals surface area contributed by atoms with Crippen molar-refractivity contribution < 1.29 is 14.4 Å². The molecule has 0 spiro atoms. The second kappa shape index (κ2) is 3.61. The van der Waals surface area contributed by atoms with Gasteiger partial charge < -0.3 is 9.47 Å². The number of benzene rings is 1. The average Bonchev–Trinajstić information content (AvgIpc) is 2.66. The number of nitrogens with zero attached hydrogens (tertiary/aromatic N) is 1. The number of rotatable bonds is 2. The van der Waals surface area contributed by atoms with Crippen LogP contribution >= 0.6 is 0 Å². The van der Waals surface area contributed by atoms with Gasteiger partial charge in [-0.05, 0) is 6.07 Å². The molecular formula is C10H9NO4. The highest BCUT2D eigenvalue weighted by molar-refractivity contribution is 5.63. The number of fused-ring (bicyclic) bond motifs is 1. The van der Waals surface area contributed by atoms with Gasteiger partial charge in [0, 0.05) is 18.6 Å². The van der Waals surface area contributed by atoms with E-state index in [0.717, 1.165) is 0 Å². The predicted octanol–water partition coefficient (Wildman–Crippen LogP) is 2.05. The number of hydrogen-bond donors (Lipinski definition) is 0. The van der Waals surface area contributed by atoms with Gasteiger partial charge in [0.1, 0.15) is 0 Å². The molecule has 0 atom stereocenters. The van der Waals surface area contributed by atoms with E-state index < -0.39 is 4.92 Å². The molecule has 0 saturated carbocycles. The van der Waals surface area contributed by atoms with E-state index in [4.69, 9.17) is 9.47 Å². The molecule has 15 heavy (non-hydrogen) atoms. The van der Waals surface area contributed by atoms with Crippen LogP contribution < -0.4 is 9.47 Å². The van der Waals surface area contributed by atoms with Crippen LogP contribution in [0.4, 0.5) is 0 Å². The quantitative estimate of drug-likeness (QED) is 0.550. The summed E-state index contributed by atoms with van der Waals surface area (Å²) in [4.78, 5) is 10.0. The summed E-state index contributed by atoms with van der Waals surface area (Å²) in [6.07, 6.45) is 1.47. The number of allylic oxidation sites excluding steroid dienone is 1. The second-order valence-electron chi connectivity index (χ2n) is 3.12. The van der Waals surface area contributed by atoms with Gasteiger partial charge in [-0.3, -0.25) is 10.1 Å². The van der Waals surface area contributed by atoms with E-state index in [9.17, 15) is 10.1 Å². The maximum atomic E-state index is 10.5. The van der Waals surface area contributed by atoms with Crippen molar-refractivity contribution in [3.63, 3.8) is 0 Å². The minimum Gasteiger partial charge on any atom is -0.454 e. The van der Waals surface area contributed by atoms with E-state index in [-0.39, 0.29) is 12.5 Å². The largest absolute Gasteiger partial charge is 0.454 e. The topological polar surface area (TPSA) is 61.6 Å². The highest BCUT2D eigenvalue weighted by Gasteiger charge is 2.17. The van der Waals surface area contributed by atoms with E-state index >= 15 is 0 Å². The van der Waals surface area contributed by atoms with Crippen molar-refractivity contribution >= 4 is 6.08 Å². The third-order valence-corrected chi connectivity index (χ3v) is 2.08. The molecule has 1 aromatic carbocycles. The lowest BCUT2D eigenvalue weighted by Crippen LogP contribution is -1.95. The molecule has 2 rings (SSSR count). The van der Waals surface area contributed by atoms with Gasteiger partial charge >= 0.3 is 0 Å². The van der Waals surface area contributed by atoms with Crippen LogP contribution in [-0.4, -0.2) is 11.7 Å². The first-order valence-electron chi connectivity index (χ1n) is 4.40. The zero-order chi connectivity index (χ0) is 10.8. The summed E-state index contributed by atoms with van der Waals surface area (Å²) in [5, 5.41) is 10.5. The van der Waals surface area contributed by atoms with Crippen molar-refractivity contribution in [2.45, 2.75) is 6.92 Å². The molecule has 0 bridgehead atoms. The standard InChI is InChI=1S/C10H9NO4/c1-7(11(12)13)5-8-3-2-4-9-10(8)15-6-14-9/h2-5H,6H2,1H3/b7-5+. The van der Waals surface area contributed by atoms with Gasteiger partial charge in [0.25, 0.3) is 0 Å². The first-order valence-corrected chi connectivity index (χ1v) is 4.40. The Bertz CT molecular complexity index is 439. The monoisotopic (exact) mass is 207 g/mol. The molecule has 1 aliphatic rings. The summed E-state index contributed by atoms with van der Waals surface area (Å²) >= 11 is 0. The lowest BCUT2D eigenvalue weighted by molar-refractivity contribution is -0.422. The fraction of sp³-hybridized carbons (Fsp3) is 0.200. The van der Waals surface area contributed by atoms with Crippen LogP contribution in [0.5, 0.6) is 11.5 Å². The highest BCUT2D eigenvalue weighted by atomic mass is 16.7. The Kier molecular flexibility index (Phi) is 2.29. The van der Waals surface area contributed by atoms with Crippen LogP contribution in [0.25, 0.3) is 6.08 Å². The molecule has 1 aliphatic heterocycles. The van der Waals surface area contributed by atoms with Crippen LogP contribution in [0.3, 0.4) is 0 Å². The van der Waals surface area contributed by atoms with Crippen LogP contribution in [0.2, 0.25) is 0 Å². The van der Waals surface area contributed by atoms with Crippen molar-refractivity contribution in [2.75, 3.05) is 6.79 Å². The lowest BCUT2D eigenvalue weighted by atomic mass is 10.1. The van der Waals surface area contributed by atoms with Crippen molar-refractivity contribution in [3.8, 4) is 11.5 Å². The number of para-hydroxylation sites is 1. The zero-order valence-corrected chi connectivity index (χ0v) is 8.10. The molecule has 0 N–H and O–H groups in total.